The van der Waals surface area contributed by atoms with Crippen LogP contribution in [-0.2, 0) is 12.0 Å². The van der Waals surface area contributed by atoms with Crippen LogP contribution in [-0.4, -0.2) is 16.0 Å². The molecule has 1 heterocycles. The maximum Gasteiger partial charge on any atom is 0.170 e. The minimum atomic E-state index is 0.0424. The molecule has 0 saturated heterocycles. The average molecular weight is 305 g/mol. The fourth-order valence-corrected chi connectivity index (χ4v) is 2.60. The van der Waals surface area contributed by atoms with Gasteiger partial charge in [-0.2, -0.15) is 0 Å². The molecule has 0 unspecified atom stereocenters. The van der Waals surface area contributed by atoms with Crippen molar-refractivity contribution in [3.05, 3.63) is 45.9 Å². The number of thiazole rings is 1. The van der Waals surface area contributed by atoms with Crippen LogP contribution < -0.4 is 10.5 Å². The maximum atomic E-state index is 8.68. The van der Waals surface area contributed by atoms with Gasteiger partial charge in [0.2, 0.25) is 0 Å². The number of hydrogen-bond acceptors (Lipinski definition) is 5. The van der Waals surface area contributed by atoms with Gasteiger partial charge in [-0.3, -0.25) is 0 Å². The topological polar surface area (TPSA) is 80.7 Å². The van der Waals surface area contributed by atoms with Gasteiger partial charge >= 0.3 is 0 Å². The molecule has 1 aromatic carbocycles. The Labute approximate surface area is 128 Å². The van der Waals surface area contributed by atoms with Crippen molar-refractivity contribution in [2.45, 2.75) is 32.8 Å². The lowest BCUT2D eigenvalue weighted by Gasteiger charge is -2.14. The zero-order valence-corrected chi connectivity index (χ0v) is 13.1. The van der Waals surface area contributed by atoms with E-state index in [2.05, 4.69) is 36.3 Å². The highest BCUT2D eigenvalue weighted by atomic mass is 32.1. The minimum absolute atomic E-state index is 0.0424. The largest absolute Gasteiger partial charge is 0.486 e. The molecule has 3 N–H and O–H groups in total. The summed E-state index contributed by atoms with van der Waals surface area (Å²) in [6, 6.07) is 7.11. The standard InChI is InChI=1S/C15H19N3O2S/c1-15(2,3)12-9-21-13(17-12)8-20-11-6-4-5-10(7-11)14(16)18-19/h4-7,9,19H,8H2,1-3H3,(H2,16,18). The number of aromatic nitrogens is 1. The normalized spacial score (nSPS) is 12.4. The average Bonchev–Trinajstić information content (AvgIpc) is 2.93. The fraction of sp³-hybridized carbons (Fsp3) is 0.333. The molecule has 0 atom stereocenters. The van der Waals surface area contributed by atoms with Crippen LogP contribution in [0.1, 0.15) is 37.0 Å². The van der Waals surface area contributed by atoms with E-state index >= 15 is 0 Å². The fourth-order valence-electron chi connectivity index (χ4n) is 1.67. The first-order valence-corrected chi connectivity index (χ1v) is 7.44. The Morgan fingerprint density at radius 2 is 2.19 bits per heavy atom. The van der Waals surface area contributed by atoms with Gasteiger partial charge in [-0.25, -0.2) is 4.98 Å². The SMILES string of the molecule is CC(C)(C)c1csc(COc2cccc(/C(N)=N/O)c2)n1. The van der Waals surface area contributed by atoms with Crippen LogP contribution in [0.15, 0.2) is 34.8 Å². The predicted molar refractivity (Wildman–Crippen MR) is 84.1 cm³/mol. The minimum Gasteiger partial charge on any atom is -0.486 e. The van der Waals surface area contributed by atoms with Gasteiger partial charge in [0.05, 0.1) is 5.69 Å². The van der Waals surface area contributed by atoms with Crippen molar-refractivity contribution in [1.82, 2.24) is 4.98 Å². The van der Waals surface area contributed by atoms with Crippen molar-refractivity contribution < 1.29 is 9.94 Å². The summed E-state index contributed by atoms with van der Waals surface area (Å²) in [5.41, 5.74) is 7.28. The first-order chi connectivity index (χ1) is 9.90. The highest BCUT2D eigenvalue weighted by Gasteiger charge is 2.17. The summed E-state index contributed by atoms with van der Waals surface area (Å²) in [6.45, 7) is 6.80. The summed E-state index contributed by atoms with van der Waals surface area (Å²) in [4.78, 5) is 4.58. The number of nitrogens with two attached hydrogens (primary N) is 1. The molecule has 5 nitrogen and oxygen atoms in total. The van der Waals surface area contributed by atoms with E-state index in [1.54, 1.807) is 29.5 Å². The smallest absolute Gasteiger partial charge is 0.170 e. The third-order valence-electron chi connectivity index (χ3n) is 2.92. The summed E-state index contributed by atoms with van der Waals surface area (Å²) < 4.78 is 5.71. The molecule has 0 radical (unpaired) electrons. The maximum absolute atomic E-state index is 8.68. The Kier molecular flexibility index (Phi) is 4.47. The molecule has 0 aliphatic rings. The van der Waals surface area contributed by atoms with Gasteiger partial charge in [0, 0.05) is 16.4 Å². The van der Waals surface area contributed by atoms with Gasteiger partial charge < -0.3 is 15.7 Å². The quantitative estimate of drug-likeness (QED) is 0.393. The molecule has 21 heavy (non-hydrogen) atoms. The van der Waals surface area contributed by atoms with Crippen molar-refractivity contribution in [1.29, 1.82) is 0 Å². The second-order valence-electron chi connectivity index (χ2n) is 5.68. The van der Waals surface area contributed by atoms with Crippen LogP contribution in [0.2, 0.25) is 0 Å². The monoisotopic (exact) mass is 305 g/mol. The molecular weight excluding hydrogens is 286 g/mol. The number of oxime groups is 1. The van der Waals surface area contributed by atoms with Gasteiger partial charge in [-0.1, -0.05) is 38.1 Å². The van der Waals surface area contributed by atoms with Gasteiger partial charge in [0.25, 0.3) is 0 Å². The Bertz CT molecular complexity index is 644. The zero-order chi connectivity index (χ0) is 15.5. The van der Waals surface area contributed by atoms with E-state index in [1.807, 2.05) is 6.07 Å². The molecular formula is C15H19N3O2S. The van der Waals surface area contributed by atoms with Crippen molar-refractivity contribution in [2.24, 2.45) is 10.9 Å². The van der Waals surface area contributed by atoms with Crippen molar-refractivity contribution in [2.75, 3.05) is 0 Å². The zero-order valence-electron chi connectivity index (χ0n) is 12.3. The van der Waals surface area contributed by atoms with Gasteiger partial charge in [0.1, 0.15) is 17.4 Å². The van der Waals surface area contributed by atoms with Gasteiger partial charge in [-0.15, -0.1) is 11.3 Å². The third kappa shape index (κ3) is 3.95. The Morgan fingerprint density at radius 1 is 1.43 bits per heavy atom. The molecule has 112 valence electrons. The first-order valence-electron chi connectivity index (χ1n) is 6.56. The van der Waals surface area contributed by atoms with Crippen LogP contribution in [0.5, 0.6) is 5.75 Å². The van der Waals surface area contributed by atoms with E-state index in [1.165, 1.54) is 0 Å². The highest BCUT2D eigenvalue weighted by Crippen LogP contribution is 2.24. The lowest BCUT2D eigenvalue weighted by molar-refractivity contribution is 0.304. The van der Waals surface area contributed by atoms with E-state index in [9.17, 15) is 0 Å². The molecule has 2 rings (SSSR count). The number of benzene rings is 1. The molecule has 0 amide bonds. The molecule has 1 aromatic heterocycles. The summed E-state index contributed by atoms with van der Waals surface area (Å²) in [5, 5.41) is 14.6. The Balaban J connectivity index is 2.05. The molecule has 0 aliphatic heterocycles. The second-order valence-corrected chi connectivity index (χ2v) is 6.62. The lowest BCUT2D eigenvalue weighted by Crippen LogP contribution is -2.13. The van der Waals surface area contributed by atoms with E-state index < -0.39 is 0 Å². The van der Waals surface area contributed by atoms with Gasteiger partial charge in [-0.05, 0) is 12.1 Å². The van der Waals surface area contributed by atoms with Crippen molar-refractivity contribution >= 4 is 17.2 Å². The summed E-state index contributed by atoms with van der Waals surface area (Å²) >= 11 is 1.59. The van der Waals surface area contributed by atoms with Crippen LogP contribution in [0, 0.1) is 0 Å². The van der Waals surface area contributed by atoms with Crippen LogP contribution >= 0.6 is 11.3 Å². The summed E-state index contributed by atoms with van der Waals surface area (Å²) in [5.74, 6) is 0.719. The molecule has 0 spiro atoms. The number of amidine groups is 1. The molecule has 2 aromatic rings. The van der Waals surface area contributed by atoms with E-state index in [-0.39, 0.29) is 11.3 Å². The number of nitrogens with zero attached hydrogens (tertiary/aromatic N) is 2. The second kappa shape index (κ2) is 6.13. The molecule has 0 saturated carbocycles. The number of ether oxygens (including phenoxy) is 1. The first kappa shape index (κ1) is 15.3. The summed E-state index contributed by atoms with van der Waals surface area (Å²) in [6.07, 6.45) is 0. The van der Waals surface area contributed by atoms with Crippen molar-refractivity contribution in [3.8, 4) is 5.75 Å². The molecule has 0 fully saturated rings. The van der Waals surface area contributed by atoms with Gasteiger partial charge in [0.15, 0.2) is 5.84 Å². The Morgan fingerprint density at radius 3 is 2.81 bits per heavy atom. The molecule has 6 heteroatoms. The Hall–Kier alpha value is -2.08. The lowest BCUT2D eigenvalue weighted by atomic mass is 9.93. The molecule has 0 aliphatic carbocycles. The van der Waals surface area contributed by atoms with E-state index in [0.29, 0.717) is 17.9 Å². The number of rotatable bonds is 4. The van der Waals surface area contributed by atoms with E-state index in [4.69, 9.17) is 15.7 Å². The van der Waals surface area contributed by atoms with Crippen LogP contribution in [0.3, 0.4) is 0 Å². The third-order valence-corrected chi connectivity index (χ3v) is 3.74. The van der Waals surface area contributed by atoms with Crippen LogP contribution in [0.25, 0.3) is 0 Å². The number of hydrogen-bond donors (Lipinski definition) is 2. The van der Waals surface area contributed by atoms with E-state index in [0.717, 1.165) is 10.7 Å². The predicted octanol–water partition coefficient (Wildman–Crippen LogP) is 3.11. The van der Waals surface area contributed by atoms with Crippen molar-refractivity contribution in [3.63, 3.8) is 0 Å². The summed E-state index contributed by atoms with van der Waals surface area (Å²) in [7, 11) is 0. The highest BCUT2D eigenvalue weighted by molar-refractivity contribution is 7.09. The van der Waals surface area contributed by atoms with Crippen LogP contribution in [0.4, 0.5) is 0 Å². The molecule has 0 bridgehead atoms.